The number of aromatic nitrogens is 1. The second-order valence-corrected chi connectivity index (χ2v) is 9.27. The fourth-order valence-electron chi connectivity index (χ4n) is 4.21. The SMILES string of the molecule is COc1ccccc1CN1CCC(O)(c2csc(CN3CCN(C)CC3)n2)CC1. The minimum Gasteiger partial charge on any atom is -0.496 e. The number of likely N-dealkylation sites (N-methyl/N-ethyl adjacent to an activating group) is 1. The van der Waals surface area contributed by atoms with Gasteiger partial charge in [-0.05, 0) is 26.0 Å². The van der Waals surface area contributed by atoms with Crippen molar-refractivity contribution < 1.29 is 9.84 Å². The van der Waals surface area contributed by atoms with Crippen LogP contribution in [0.15, 0.2) is 29.6 Å². The highest BCUT2D eigenvalue weighted by Gasteiger charge is 2.36. The van der Waals surface area contributed by atoms with Gasteiger partial charge in [0.05, 0.1) is 19.3 Å². The quantitative estimate of drug-likeness (QED) is 0.780. The summed E-state index contributed by atoms with van der Waals surface area (Å²) in [6, 6.07) is 8.17. The van der Waals surface area contributed by atoms with Gasteiger partial charge in [0.2, 0.25) is 0 Å². The highest BCUT2D eigenvalue weighted by molar-refractivity contribution is 7.09. The van der Waals surface area contributed by atoms with Crippen LogP contribution in [0.3, 0.4) is 0 Å². The molecule has 1 aromatic carbocycles. The molecule has 29 heavy (non-hydrogen) atoms. The van der Waals surface area contributed by atoms with E-state index < -0.39 is 5.60 Å². The summed E-state index contributed by atoms with van der Waals surface area (Å²) in [6.45, 7) is 7.88. The van der Waals surface area contributed by atoms with Gasteiger partial charge in [0, 0.05) is 56.8 Å². The fraction of sp³-hybridized carbons (Fsp3) is 0.591. The maximum Gasteiger partial charge on any atom is 0.123 e. The van der Waals surface area contributed by atoms with Gasteiger partial charge < -0.3 is 14.7 Å². The molecule has 0 bridgehead atoms. The van der Waals surface area contributed by atoms with E-state index in [4.69, 9.17) is 9.72 Å². The van der Waals surface area contributed by atoms with Gasteiger partial charge in [-0.2, -0.15) is 0 Å². The lowest BCUT2D eigenvalue weighted by Gasteiger charge is -2.37. The molecule has 0 radical (unpaired) electrons. The van der Waals surface area contributed by atoms with Gasteiger partial charge in [0.1, 0.15) is 16.4 Å². The number of nitrogens with zero attached hydrogens (tertiary/aromatic N) is 4. The second kappa shape index (κ2) is 9.10. The number of hydrogen-bond donors (Lipinski definition) is 1. The van der Waals surface area contributed by atoms with Crippen molar-refractivity contribution in [3.05, 3.63) is 45.9 Å². The van der Waals surface area contributed by atoms with E-state index in [0.29, 0.717) is 0 Å². The maximum atomic E-state index is 11.3. The van der Waals surface area contributed by atoms with Crippen molar-refractivity contribution in [3.63, 3.8) is 0 Å². The van der Waals surface area contributed by atoms with Crippen molar-refractivity contribution in [1.82, 2.24) is 19.7 Å². The zero-order valence-electron chi connectivity index (χ0n) is 17.5. The summed E-state index contributed by atoms with van der Waals surface area (Å²) in [5.74, 6) is 0.932. The molecule has 4 rings (SSSR count). The van der Waals surface area contributed by atoms with Crippen molar-refractivity contribution in [2.45, 2.75) is 31.5 Å². The van der Waals surface area contributed by atoms with E-state index in [1.54, 1.807) is 18.4 Å². The van der Waals surface area contributed by atoms with Crippen LogP contribution in [0.4, 0.5) is 0 Å². The number of methoxy groups -OCH3 is 1. The molecule has 0 aliphatic carbocycles. The molecule has 0 saturated carbocycles. The third-order valence-corrected chi connectivity index (χ3v) is 7.09. The molecule has 3 heterocycles. The Morgan fingerprint density at radius 3 is 2.45 bits per heavy atom. The van der Waals surface area contributed by atoms with Crippen LogP contribution in [-0.2, 0) is 18.7 Å². The number of para-hydroxylation sites is 1. The highest BCUT2D eigenvalue weighted by Crippen LogP contribution is 2.34. The number of piperidine rings is 1. The smallest absolute Gasteiger partial charge is 0.123 e. The largest absolute Gasteiger partial charge is 0.496 e. The zero-order valence-corrected chi connectivity index (χ0v) is 18.3. The van der Waals surface area contributed by atoms with Gasteiger partial charge >= 0.3 is 0 Å². The third kappa shape index (κ3) is 4.98. The third-order valence-electron chi connectivity index (χ3n) is 6.25. The van der Waals surface area contributed by atoms with Crippen molar-refractivity contribution in [2.24, 2.45) is 0 Å². The molecule has 158 valence electrons. The van der Waals surface area contributed by atoms with E-state index in [2.05, 4.69) is 39.3 Å². The van der Waals surface area contributed by atoms with Gasteiger partial charge in [-0.3, -0.25) is 9.80 Å². The van der Waals surface area contributed by atoms with E-state index in [1.807, 2.05) is 12.1 Å². The Kier molecular flexibility index (Phi) is 6.51. The molecule has 6 nitrogen and oxygen atoms in total. The van der Waals surface area contributed by atoms with Crippen molar-refractivity contribution >= 4 is 11.3 Å². The van der Waals surface area contributed by atoms with Gasteiger partial charge in [0.15, 0.2) is 0 Å². The minimum absolute atomic E-state index is 0.722. The van der Waals surface area contributed by atoms with Crippen molar-refractivity contribution in [2.75, 3.05) is 53.4 Å². The number of aliphatic hydroxyl groups is 1. The normalized spacial score (nSPS) is 21.3. The molecule has 2 fully saturated rings. The maximum absolute atomic E-state index is 11.3. The molecule has 2 aromatic rings. The summed E-state index contributed by atoms with van der Waals surface area (Å²) >= 11 is 1.69. The lowest BCUT2D eigenvalue weighted by molar-refractivity contribution is -0.0309. The summed E-state index contributed by atoms with van der Waals surface area (Å²) < 4.78 is 5.48. The number of ether oxygens (including phenoxy) is 1. The standard InChI is InChI=1S/C22H32N4O2S/c1-24-11-13-26(14-12-24)16-21-23-20(17-29-21)22(27)7-9-25(10-8-22)15-18-5-3-4-6-19(18)28-2/h3-6,17,27H,7-16H2,1-2H3. The molecular weight excluding hydrogens is 384 g/mol. The Morgan fingerprint density at radius 1 is 1.03 bits per heavy atom. The summed E-state index contributed by atoms with van der Waals surface area (Å²) in [5, 5.41) is 14.4. The average Bonchev–Trinajstić information content (AvgIpc) is 3.21. The van der Waals surface area contributed by atoms with E-state index in [0.717, 1.165) is 81.7 Å². The zero-order chi connectivity index (χ0) is 20.3. The van der Waals surface area contributed by atoms with Crippen LogP contribution in [0, 0.1) is 0 Å². The Labute approximate surface area is 177 Å². The van der Waals surface area contributed by atoms with E-state index in [-0.39, 0.29) is 0 Å². The Balaban J connectivity index is 1.33. The fourth-order valence-corrected chi connectivity index (χ4v) is 5.13. The number of rotatable bonds is 6. The Bertz CT molecular complexity index is 796. The van der Waals surface area contributed by atoms with Crippen LogP contribution in [0.5, 0.6) is 5.75 Å². The van der Waals surface area contributed by atoms with Gasteiger partial charge in [-0.25, -0.2) is 4.98 Å². The number of thiazole rings is 1. The molecule has 2 aliphatic heterocycles. The van der Waals surface area contributed by atoms with E-state index in [9.17, 15) is 5.11 Å². The van der Waals surface area contributed by atoms with Crippen LogP contribution in [0.2, 0.25) is 0 Å². The Hall–Kier alpha value is -1.51. The predicted octanol–water partition coefficient (Wildman–Crippen LogP) is 2.38. The van der Waals surface area contributed by atoms with Crippen LogP contribution in [-0.4, -0.2) is 78.2 Å². The lowest BCUT2D eigenvalue weighted by Crippen LogP contribution is -2.44. The molecule has 2 saturated heterocycles. The molecule has 2 aliphatic rings. The first-order valence-corrected chi connectivity index (χ1v) is 11.4. The summed E-state index contributed by atoms with van der Waals surface area (Å²) in [6.07, 6.45) is 1.44. The molecule has 0 atom stereocenters. The molecule has 0 spiro atoms. The topological polar surface area (TPSA) is 52.1 Å². The van der Waals surface area contributed by atoms with Crippen molar-refractivity contribution in [1.29, 1.82) is 0 Å². The highest BCUT2D eigenvalue weighted by atomic mass is 32.1. The first kappa shape index (κ1) is 20.8. The van der Waals surface area contributed by atoms with Crippen molar-refractivity contribution in [3.8, 4) is 5.75 Å². The number of hydrogen-bond acceptors (Lipinski definition) is 7. The molecule has 1 N–H and O–H groups in total. The summed E-state index contributed by atoms with van der Waals surface area (Å²) in [7, 11) is 3.89. The van der Waals surface area contributed by atoms with Gasteiger partial charge in [-0.1, -0.05) is 18.2 Å². The molecule has 0 amide bonds. The number of benzene rings is 1. The van der Waals surface area contributed by atoms with Crippen LogP contribution in [0.1, 0.15) is 29.1 Å². The minimum atomic E-state index is -0.797. The van der Waals surface area contributed by atoms with Crippen LogP contribution in [0.25, 0.3) is 0 Å². The number of piperazine rings is 1. The predicted molar refractivity (Wildman–Crippen MR) is 116 cm³/mol. The summed E-state index contributed by atoms with van der Waals surface area (Å²) in [4.78, 5) is 12.0. The van der Waals surface area contributed by atoms with E-state index in [1.165, 1.54) is 5.56 Å². The molecular formula is C22H32N4O2S. The molecule has 1 aromatic heterocycles. The lowest BCUT2D eigenvalue weighted by atomic mass is 9.88. The monoisotopic (exact) mass is 416 g/mol. The van der Waals surface area contributed by atoms with Crippen LogP contribution < -0.4 is 4.74 Å². The number of likely N-dealkylation sites (tertiary alicyclic amines) is 1. The average molecular weight is 417 g/mol. The molecule has 0 unspecified atom stereocenters. The van der Waals surface area contributed by atoms with Gasteiger partial charge in [0.25, 0.3) is 0 Å². The second-order valence-electron chi connectivity index (χ2n) is 8.33. The van der Waals surface area contributed by atoms with E-state index >= 15 is 0 Å². The summed E-state index contributed by atoms with van der Waals surface area (Å²) in [5.41, 5.74) is 1.26. The van der Waals surface area contributed by atoms with Gasteiger partial charge in [-0.15, -0.1) is 11.3 Å². The first-order chi connectivity index (χ1) is 14.1. The molecule has 7 heteroatoms. The first-order valence-electron chi connectivity index (χ1n) is 10.5. The van der Waals surface area contributed by atoms with Crippen LogP contribution >= 0.6 is 11.3 Å². The Morgan fingerprint density at radius 2 is 1.72 bits per heavy atom.